The van der Waals surface area contributed by atoms with Gasteiger partial charge in [0.15, 0.2) is 0 Å². The Labute approximate surface area is 126 Å². The van der Waals surface area contributed by atoms with E-state index >= 15 is 0 Å². The van der Waals surface area contributed by atoms with E-state index in [9.17, 15) is 4.79 Å². The summed E-state index contributed by atoms with van der Waals surface area (Å²) in [5.41, 5.74) is 14.8. The molecule has 0 saturated heterocycles. The molecule has 0 unspecified atom stereocenters. The van der Waals surface area contributed by atoms with Crippen LogP contribution in [0.4, 0.5) is 5.00 Å². The first-order valence-electron chi connectivity index (χ1n) is 6.51. The fraction of sp³-hybridized carbons (Fsp3) is 0. The Morgan fingerprint density at radius 1 is 0.857 bits per heavy atom. The Morgan fingerprint density at radius 2 is 1.38 bits per heavy atom. The zero-order valence-electron chi connectivity index (χ0n) is 11.2. The average molecular weight is 294 g/mol. The molecule has 4 heteroatoms. The van der Waals surface area contributed by atoms with Crippen LogP contribution in [0.3, 0.4) is 0 Å². The standard InChI is InChI=1S/C17H14N2OS/c18-16(20)14-13(11-7-3-1-4-8-11)15(21-17(14)19)12-9-5-2-6-10-12/h1-10H,19H2,(H2,18,20). The van der Waals surface area contributed by atoms with Crippen LogP contribution in [-0.2, 0) is 0 Å². The van der Waals surface area contributed by atoms with Gasteiger partial charge < -0.3 is 11.5 Å². The minimum absolute atomic E-state index is 0.407. The normalized spacial score (nSPS) is 10.5. The topological polar surface area (TPSA) is 69.1 Å². The zero-order chi connectivity index (χ0) is 14.8. The highest BCUT2D eigenvalue weighted by Crippen LogP contribution is 2.44. The maximum absolute atomic E-state index is 11.8. The van der Waals surface area contributed by atoms with Crippen LogP contribution in [-0.4, -0.2) is 5.91 Å². The van der Waals surface area contributed by atoms with Crippen molar-refractivity contribution in [2.75, 3.05) is 5.73 Å². The molecule has 3 rings (SSSR count). The second-order valence-electron chi connectivity index (χ2n) is 4.64. The van der Waals surface area contributed by atoms with E-state index in [0.717, 1.165) is 21.6 Å². The van der Waals surface area contributed by atoms with Crippen molar-refractivity contribution < 1.29 is 4.79 Å². The Bertz CT molecular complexity index is 779. The predicted octanol–water partition coefficient (Wildman–Crippen LogP) is 3.76. The van der Waals surface area contributed by atoms with Crippen LogP contribution in [0.2, 0.25) is 0 Å². The van der Waals surface area contributed by atoms with E-state index in [2.05, 4.69) is 0 Å². The number of rotatable bonds is 3. The highest BCUT2D eigenvalue weighted by molar-refractivity contribution is 7.20. The first-order chi connectivity index (χ1) is 10.2. The zero-order valence-corrected chi connectivity index (χ0v) is 12.1. The molecule has 0 fully saturated rings. The molecule has 0 atom stereocenters. The van der Waals surface area contributed by atoms with Gasteiger partial charge in [-0.25, -0.2) is 0 Å². The fourth-order valence-corrected chi connectivity index (χ4v) is 3.47. The van der Waals surface area contributed by atoms with Crippen molar-refractivity contribution in [2.45, 2.75) is 0 Å². The summed E-state index contributed by atoms with van der Waals surface area (Å²) in [6.07, 6.45) is 0. The molecule has 0 aliphatic carbocycles. The highest BCUT2D eigenvalue weighted by Gasteiger charge is 2.22. The lowest BCUT2D eigenvalue weighted by Crippen LogP contribution is -2.13. The number of nitrogen functional groups attached to an aromatic ring is 1. The summed E-state index contributed by atoms with van der Waals surface area (Å²) in [6.45, 7) is 0. The molecule has 3 aromatic rings. The van der Waals surface area contributed by atoms with Crippen molar-refractivity contribution in [2.24, 2.45) is 5.73 Å². The van der Waals surface area contributed by atoms with Crippen LogP contribution >= 0.6 is 11.3 Å². The molecule has 21 heavy (non-hydrogen) atoms. The first kappa shape index (κ1) is 13.4. The monoisotopic (exact) mass is 294 g/mol. The van der Waals surface area contributed by atoms with E-state index in [-0.39, 0.29) is 0 Å². The summed E-state index contributed by atoms with van der Waals surface area (Å²) in [4.78, 5) is 12.8. The SMILES string of the molecule is NC(=O)c1c(N)sc(-c2ccccc2)c1-c1ccccc1. The molecule has 3 nitrogen and oxygen atoms in total. The molecule has 0 radical (unpaired) electrons. The maximum atomic E-state index is 11.8. The molecule has 104 valence electrons. The van der Waals surface area contributed by atoms with Crippen molar-refractivity contribution in [3.8, 4) is 21.6 Å². The van der Waals surface area contributed by atoms with E-state index < -0.39 is 5.91 Å². The lowest BCUT2D eigenvalue weighted by atomic mass is 9.98. The third kappa shape index (κ3) is 2.41. The van der Waals surface area contributed by atoms with Crippen molar-refractivity contribution in [1.82, 2.24) is 0 Å². The van der Waals surface area contributed by atoms with Crippen LogP contribution in [0, 0.1) is 0 Å². The third-order valence-corrected chi connectivity index (χ3v) is 4.35. The molecule has 0 bridgehead atoms. The van der Waals surface area contributed by atoms with Crippen molar-refractivity contribution in [3.05, 3.63) is 66.2 Å². The molecule has 0 aliphatic heterocycles. The molecule has 0 saturated carbocycles. The van der Waals surface area contributed by atoms with Gasteiger partial charge in [-0.2, -0.15) is 0 Å². The van der Waals surface area contributed by atoms with Gasteiger partial charge in [0.2, 0.25) is 0 Å². The molecular weight excluding hydrogens is 280 g/mol. The number of nitrogens with two attached hydrogens (primary N) is 2. The van der Waals surface area contributed by atoms with E-state index in [1.165, 1.54) is 11.3 Å². The van der Waals surface area contributed by atoms with Gasteiger partial charge in [0.25, 0.3) is 5.91 Å². The fourth-order valence-electron chi connectivity index (χ4n) is 2.37. The van der Waals surface area contributed by atoms with E-state index in [0.29, 0.717) is 10.6 Å². The first-order valence-corrected chi connectivity index (χ1v) is 7.33. The lowest BCUT2D eigenvalue weighted by molar-refractivity contribution is 0.100. The molecule has 0 spiro atoms. The van der Waals surface area contributed by atoms with Gasteiger partial charge in [0, 0.05) is 10.4 Å². The summed E-state index contributed by atoms with van der Waals surface area (Å²) >= 11 is 1.39. The van der Waals surface area contributed by atoms with E-state index in [1.54, 1.807) is 0 Å². The quantitative estimate of drug-likeness (QED) is 0.772. The highest BCUT2D eigenvalue weighted by atomic mass is 32.1. The average Bonchev–Trinajstić information content (AvgIpc) is 2.86. The Kier molecular flexibility index (Phi) is 3.46. The number of carbonyl (C=O) groups excluding carboxylic acids is 1. The van der Waals surface area contributed by atoms with Gasteiger partial charge in [0.1, 0.15) is 0 Å². The van der Waals surface area contributed by atoms with Crippen LogP contribution in [0.5, 0.6) is 0 Å². The summed E-state index contributed by atoms with van der Waals surface area (Å²) < 4.78 is 0. The van der Waals surface area contributed by atoms with E-state index in [1.807, 2.05) is 60.7 Å². The number of benzene rings is 2. The number of amides is 1. The molecule has 2 aromatic carbocycles. The van der Waals surface area contributed by atoms with Crippen LogP contribution in [0.15, 0.2) is 60.7 Å². The van der Waals surface area contributed by atoms with Gasteiger partial charge in [0.05, 0.1) is 10.6 Å². The molecule has 0 aliphatic rings. The van der Waals surface area contributed by atoms with Crippen molar-refractivity contribution in [3.63, 3.8) is 0 Å². The number of carbonyl (C=O) groups is 1. The molecule has 4 N–H and O–H groups in total. The third-order valence-electron chi connectivity index (χ3n) is 3.28. The number of anilines is 1. The number of hydrogen-bond acceptors (Lipinski definition) is 3. The molecule has 1 amide bonds. The predicted molar refractivity (Wildman–Crippen MR) is 88.1 cm³/mol. The number of thiophene rings is 1. The smallest absolute Gasteiger partial charge is 0.252 e. The second-order valence-corrected chi connectivity index (χ2v) is 5.69. The molecule has 1 heterocycles. The Hall–Kier alpha value is -2.59. The van der Waals surface area contributed by atoms with Crippen molar-refractivity contribution in [1.29, 1.82) is 0 Å². The number of hydrogen-bond donors (Lipinski definition) is 2. The van der Waals surface area contributed by atoms with Gasteiger partial charge in [-0.05, 0) is 11.1 Å². The summed E-state index contributed by atoms with van der Waals surface area (Å²) in [5, 5.41) is 0.459. The van der Waals surface area contributed by atoms with Crippen LogP contribution < -0.4 is 11.5 Å². The number of primary amides is 1. The molecular formula is C17H14N2OS. The van der Waals surface area contributed by atoms with Gasteiger partial charge in [-0.1, -0.05) is 60.7 Å². The maximum Gasteiger partial charge on any atom is 0.252 e. The van der Waals surface area contributed by atoms with Gasteiger partial charge in [-0.15, -0.1) is 11.3 Å². The summed E-state index contributed by atoms with van der Waals surface area (Å²) in [6, 6.07) is 19.6. The summed E-state index contributed by atoms with van der Waals surface area (Å²) in [5.74, 6) is -0.496. The van der Waals surface area contributed by atoms with Gasteiger partial charge >= 0.3 is 0 Å². The minimum atomic E-state index is -0.496. The Balaban J connectivity index is 2.32. The Morgan fingerprint density at radius 3 is 1.90 bits per heavy atom. The van der Waals surface area contributed by atoms with Gasteiger partial charge in [-0.3, -0.25) is 4.79 Å². The van der Waals surface area contributed by atoms with Crippen molar-refractivity contribution >= 4 is 22.2 Å². The second kappa shape index (κ2) is 5.42. The molecule has 1 aromatic heterocycles. The van der Waals surface area contributed by atoms with E-state index in [4.69, 9.17) is 11.5 Å². The summed E-state index contributed by atoms with van der Waals surface area (Å²) in [7, 11) is 0. The lowest BCUT2D eigenvalue weighted by Gasteiger charge is -2.06. The van der Waals surface area contributed by atoms with Crippen LogP contribution in [0.25, 0.3) is 21.6 Å². The largest absolute Gasteiger partial charge is 0.390 e. The minimum Gasteiger partial charge on any atom is -0.390 e. The van der Waals surface area contributed by atoms with Crippen LogP contribution in [0.1, 0.15) is 10.4 Å².